The van der Waals surface area contributed by atoms with Gasteiger partial charge in [-0.25, -0.2) is 0 Å². The second-order valence-electron chi connectivity index (χ2n) is 6.03. The lowest BCUT2D eigenvalue weighted by Crippen LogP contribution is -2.42. The van der Waals surface area contributed by atoms with Crippen molar-refractivity contribution in [2.45, 2.75) is 59.3 Å². The van der Waals surface area contributed by atoms with E-state index in [0.29, 0.717) is 11.3 Å². The molecule has 0 aliphatic heterocycles. The third-order valence-corrected chi connectivity index (χ3v) is 3.78. The monoisotopic (exact) mass is 349 g/mol. The zero-order chi connectivity index (χ0) is 18.8. The van der Waals surface area contributed by atoms with E-state index in [2.05, 4.69) is 5.10 Å². The molecule has 0 saturated carbocycles. The highest BCUT2D eigenvalue weighted by Gasteiger charge is 2.33. The Morgan fingerprint density at radius 3 is 2.21 bits per heavy atom. The molecule has 1 heterocycles. The van der Waals surface area contributed by atoms with Gasteiger partial charge in [0.15, 0.2) is 0 Å². The molecular formula is C15H22F3N3O3. The van der Waals surface area contributed by atoms with E-state index in [1.165, 1.54) is 18.7 Å². The van der Waals surface area contributed by atoms with Gasteiger partial charge in [-0.3, -0.25) is 14.3 Å². The number of amides is 1. The van der Waals surface area contributed by atoms with Crippen LogP contribution in [0.15, 0.2) is 0 Å². The first-order valence-electron chi connectivity index (χ1n) is 7.48. The van der Waals surface area contributed by atoms with Crippen LogP contribution in [0.1, 0.15) is 43.6 Å². The SMILES string of the molecule is Cc1nn(CC(F)(F)F)c(C)c1C(C)C(=O)N(CC(=O)O)C(C)C. The van der Waals surface area contributed by atoms with Crippen LogP contribution < -0.4 is 0 Å². The van der Waals surface area contributed by atoms with Crippen LogP contribution in [0.3, 0.4) is 0 Å². The number of halogens is 3. The van der Waals surface area contributed by atoms with E-state index in [4.69, 9.17) is 5.11 Å². The minimum atomic E-state index is -4.42. The molecule has 0 aliphatic carbocycles. The molecule has 1 rings (SSSR count). The van der Waals surface area contributed by atoms with Crippen LogP contribution in [-0.4, -0.2) is 50.4 Å². The number of hydrogen-bond acceptors (Lipinski definition) is 3. The molecule has 0 radical (unpaired) electrons. The average Bonchev–Trinajstić information content (AvgIpc) is 2.66. The summed E-state index contributed by atoms with van der Waals surface area (Å²) >= 11 is 0. The molecule has 0 aromatic carbocycles. The number of carbonyl (C=O) groups is 2. The summed E-state index contributed by atoms with van der Waals surface area (Å²) < 4.78 is 38.6. The molecule has 24 heavy (non-hydrogen) atoms. The van der Waals surface area contributed by atoms with Gasteiger partial charge >= 0.3 is 12.1 Å². The van der Waals surface area contributed by atoms with Gasteiger partial charge in [0.2, 0.25) is 5.91 Å². The van der Waals surface area contributed by atoms with Gasteiger partial charge in [-0.15, -0.1) is 0 Å². The number of carboxylic acids is 1. The van der Waals surface area contributed by atoms with Crippen molar-refractivity contribution in [3.8, 4) is 0 Å². The Balaban J connectivity index is 3.16. The molecule has 1 atom stereocenters. The molecule has 1 aromatic heterocycles. The van der Waals surface area contributed by atoms with E-state index in [1.807, 2.05) is 0 Å². The molecule has 0 fully saturated rings. The number of aliphatic carboxylic acids is 1. The van der Waals surface area contributed by atoms with Crippen LogP contribution >= 0.6 is 0 Å². The zero-order valence-electron chi connectivity index (χ0n) is 14.3. The fourth-order valence-electron chi connectivity index (χ4n) is 2.69. The highest BCUT2D eigenvalue weighted by molar-refractivity contribution is 5.87. The molecule has 1 unspecified atom stereocenters. The van der Waals surface area contributed by atoms with Crippen molar-refractivity contribution in [3.63, 3.8) is 0 Å². The molecule has 1 amide bonds. The van der Waals surface area contributed by atoms with Crippen LogP contribution in [-0.2, 0) is 16.1 Å². The number of rotatable bonds is 6. The van der Waals surface area contributed by atoms with Crippen LogP contribution in [0.4, 0.5) is 13.2 Å². The first kappa shape index (κ1) is 20.0. The maximum Gasteiger partial charge on any atom is 0.408 e. The van der Waals surface area contributed by atoms with Crippen LogP contribution in [0, 0.1) is 13.8 Å². The van der Waals surface area contributed by atoms with E-state index in [1.54, 1.807) is 20.8 Å². The summed E-state index contributed by atoms with van der Waals surface area (Å²) in [4.78, 5) is 24.7. The van der Waals surface area contributed by atoms with Gasteiger partial charge in [0, 0.05) is 17.3 Å². The Morgan fingerprint density at radius 1 is 1.25 bits per heavy atom. The summed E-state index contributed by atoms with van der Waals surface area (Å²) in [6.45, 7) is 6.23. The maximum atomic E-state index is 12.6. The zero-order valence-corrected chi connectivity index (χ0v) is 14.3. The topological polar surface area (TPSA) is 75.4 Å². The van der Waals surface area contributed by atoms with E-state index in [-0.39, 0.29) is 11.7 Å². The fraction of sp³-hybridized carbons (Fsp3) is 0.667. The molecule has 0 saturated heterocycles. The third kappa shape index (κ3) is 4.72. The van der Waals surface area contributed by atoms with Gasteiger partial charge in [-0.2, -0.15) is 18.3 Å². The van der Waals surface area contributed by atoms with E-state index in [0.717, 1.165) is 4.68 Å². The number of alkyl halides is 3. The van der Waals surface area contributed by atoms with Gasteiger partial charge in [0.05, 0.1) is 11.6 Å². The number of aromatic nitrogens is 2. The lowest BCUT2D eigenvalue weighted by molar-refractivity contribution is -0.146. The number of carbonyl (C=O) groups excluding carboxylic acids is 1. The van der Waals surface area contributed by atoms with Gasteiger partial charge < -0.3 is 10.0 Å². The van der Waals surface area contributed by atoms with E-state index >= 15 is 0 Å². The molecule has 9 heteroatoms. The van der Waals surface area contributed by atoms with Crippen molar-refractivity contribution in [2.75, 3.05) is 6.54 Å². The third-order valence-electron chi connectivity index (χ3n) is 3.78. The summed E-state index contributed by atoms with van der Waals surface area (Å²) in [5.74, 6) is -2.38. The molecule has 0 spiro atoms. The van der Waals surface area contributed by atoms with Crippen molar-refractivity contribution in [3.05, 3.63) is 17.0 Å². The number of hydrogen-bond donors (Lipinski definition) is 1. The van der Waals surface area contributed by atoms with Crippen molar-refractivity contribution >= 4 is 11.9 Å². The van der Waals surface area contributed by atoms with Crippen LogP contribution in [0.5, 0.6) is 0 Å². The van der Waals surface area contributed by atoms with Gasteiger partial charge in [-0.05, 0) is 34.6 Å². The lowest BCUT2D eigenvalue weighted by Gasteiger charge is -2.28. The Kier molecular flexibility index (Phi) is 6.02. The van der Waals surface area contributed by atoms with Gasteiger partial charge in [0.1, 0.15) is 13.1 Å². The molecule has 6 nitrogen and oxygen atoms in total. The highest BCUT2D eigenvalue weighted by Crippen LogP contribution is 2.28. The summed E-state index contributed by atoms with van der Waals surface area (Å²) in [5.41, 5.74) is 0.988. The summed E-state index contributed by atoms with van der Waals surface area (Å²) in [7, 11) is 0. The molecule has 0 bridgehead atoms. The van der Waals surface area contributed by atoms with Crippen molar-refractivity contribution in [2.24, 2.45) is 0 Å². The molecule has 136 valence electrons. The first-order chi connectivity index (χ1) is 10.8. The quantitative estimate of drug-likeness (QED) is 0.856. The van der Waals surface area contributed by atoms with Gasteiger partial charge in [0.25, 0.3) is 0 Å². The number of carboxylic acid groups (broad SMARTS) is 1. The second kappa shape index (κ2) is 7.23. The molecule has 1 aromatic rings. The minimum Gasteiger partial charge on any atom is -0.480 e. The molecule has 0 aliphatic rings. The summed E-state index contributed by atoms with van der Waals surface area (Å²) in [6, 6.07) is -0.345. The van der Waals surface area contributed by atoms with E-state index < -0.39 is 37.1 Å². The first-order valence-corrected chi connectivity index (χ1v) is 7.48. The Hall–Kier alpha value is -2.06. The van der Waals surface area contributed by atoms with Crippen molar-refractivity contribution in [1.29, 1.82) is 0 Å². The van der Waals surface area contributed by atoms with Crippen LogP contribution in [0.25, 0.3) is 0 Å². The van der Waals surface area contributed by atoms with Crippen LogP contribution in [0.2, 0.25) is 0 Å². The summed E-state index contributed by atoms with van der Waals surface area (Å²) in [6.07, 6.45) is -4.42. The fourth-order valence-corrected chi connectivity index (χ4v) is 2.69. The maximum absolute atomic E-state index is 12.6. The van der Waals surface area contributed by atoms with E-state index in [9.17, 15) is 22.8 Å². The smallest absolute Gasteiger partial charge is 0.408 e. The minimum absolute atomic E-state index is 0.254. The van der Waals surface area contributed by atoms with Crippen molar-refractivity contribution < 1.29 is 27.9 Å². The van der Waals surface area contributed by atoms with Crippen molar-refractivity contribution in [1.82, 2.24) is 14.7 Å². The average molecular weight is 349 g/mol. The number of aryl methyl sites for hydroxylation is 1. The molecular weight excluding hydrogens is 327 g/mol. The number of nitrogens with zero attached hydrogens (tertiary/aromatic N) is 3. The van der Waals surface area contributed by atoms with Gasteiger partial charge in [-0.1, -0.05) is 0 Å². The molecule has 1 N–H and O–H groups in total. The predicted molar refractivity (Wildman–Crippen MR) is 80.7 cm³/mol. The lowest BCUT2D eigenvalue weighted by atomic mass is 9.97. The Bertz CT molecular complexity index is 623. The predicted octanol–water partition coefficient (Wildman–Crippen LogP) is 2.49. The second-order valence-corrected chi connectivity index (χ2v) is 6.03. The normalized spacial score (nSPS) is 13.2. The largest absolute Gasteiger partial charge is 0.480 e. The highest BCUT2D eigenvalue weighted by atomic mass is 19.4. The standard InChI is InChI=1S/C15H22F3N3O3/c1-8(2)20(6-12(22)23)14(24)9(3)13-10(4)19-21(11(13)5)7-15(16,17)18/h8-9H,6-7H2,1-5H3,(H,22,23). The Labute approximate surface area is 138 Å². The summed E-state index contributed by atoms with van der Waals surface area (Å²) in [5, 5.41) is 12.8. The Morgan fingerprint density at radius 2 is 1.79 bits per heavy atom.